The molecule has 0 unspecified atom stereocenters. The first-order valence-electron chi connectivity index (χ1n) is 7.03. The zero-order valence-electron chi connectivity index (χ0n) is 12.6. The highest BCUT2D eigenvalue weighted by molar-refractivity contribution is 6.31. The molecule has 0 radical (unpaired) electrons. The van der Waals surface area contributed by atoms with Gasteiger partial charge < -0.3 is 5.32 Å². The van der Waals surface area contributed by atoms with Crippen LogP contribution in [0.2, 0.25) is 5.02 Å². The molecule has 0 bridgehead atoms. The summed E-state index contributed by atoms with van der Waals surface area (Å²) in [6.07, 6.45) is 0.861. The highest BCUT2D eigenvalue weighted by Crippen LogP contribution is 2.22. The van der Waals surface area contributed by atoms with Crippen LogP contribution < -0.4 is 5.32 Å². The Hall–Kier alpha value is -1.32. The number of aromatic nitrogens is 2. The molecule has 0 saturated carbocycles. The Morgan fingerprint density at radius 1 is 1.35 bits per heavy atom. The molecule has 0 aliphatic rings. The van der Waals surface area contributed by atoms with E-state index in [1.807, 2.05) is 11.7 Å². The average molecular weight is 292 g/mol. The molecule has 0 amide bonds. The second-order valence-electron chi connectivity index (χ2n) is 5.14. The first kappa shape index (κ1) is 15.1. The summed E-state index contributed by atoms with van der Waals surface area (Å²) >= 11 is 6.37. The van der Waals surface area contributed by atoms with Crippen molar-refractivity contribution >= 4 is 11.6 Å². The number of hydrogen-bond acceptors (Lipinski definition) is 2. The highest BCUT2D eigenvalue weighted by atomic mass is 35.5. The van der Waals surface area contributed by atoms with E-state index in [0.717, 1.165) is 29.4 Å². The van der Waals surface area contributed by atoms with Crippen molar-refractivity contribution in [1.82, 2.24) is 15.1 Å². The molecular formula is C16H22ClN3. The van der Waals surface area contributed by atoms with E-state index in [-0.39, 0.29) is 6.04 Å². The van der Waals surface area contributed by atoms with Gasteiger partial charge in [-0.15, -0.1) is 0 Å². The zero-order chi connectivity index (χ0) is 14.7. The molecule has 2 aromatic rings. The van der Waals surface area contributed by atoms with Gasteiger partial charge in [0, 0.05) is 19.6 Å². The van der Waals surface area contributed by atoms with Crippen LogP contribution in [-0.2, 0) is 20.0 Å². The topological polar surface area (TPSA) is 29.9 Å². The lowest BCUT2D eigenvalue weighted by Gasteiger charge is -2.16. The van der Waals surface area contributed by atoms with Gasteiger partial charge in [0.15, 0.2) is 0 Å². The van der Waals surface area contributed by atoms with E-state index in [2.05, 4.69) is 55.5 Å². The molecule has 0 aliphatic heterocycles. The van der Waals surface area contributed by atoms with Gasteiger partial charge in [-0.1, -0.05) is 42.8 Å². The van der Waals surface area contributed by atoms with Crippen molar-refractivity contribution in [3.63, 3.8) is 0 Å². The smallest absolute Gasteiger partial charge is 0.0863 e. The number of nitrogens with one attached hydrogen (secondary N) is 1. The van der Waals surface area contributed by atoms with Crippen LogP contribution in [0.5, 0.6) is 0 Å². The van der Waals surface area contributed by atoms with Gasteiger partial charge in [-0.2, -0.15) is 5.10 Å². The van der Waals surface area contributed by atoms with Crippen molar-refractivity contribution in [3.05, 3.63) is 51.8 Å². The summed E-state index contributed by atoms with van der Waals surface area (Å²) in [4.78, 5) is 0. The van der Waals surface area contributed by atoms with E-state index in [4.69, 9.17) is 11.6 Å². The van der Waals surface area contributed by atoms with Crippen molar-refractivity contribution in [1.29, 1.82) is 0 Å². The van der Waals surface area contributed by atoms with Crippen molar-refractivity contribution in [2.24, 2.45) is 7.05 Å². The Kier molecular flexibility index (Phi) is 4.84. The molecule has 1 heterocycles. The summed E-state index contributed by atoms with van der Waals surface area (Å²) < 4.78 is 1.87. The van der Waals surface area contributed by atoms with Crippen LogP contribution in [0.15, 0.2) is 24.3 Å². The molecule has 2 rings (SSSR count). The van der Waals surface area contributed by atoms with Gasteiger partial charge in [0.1, 0.15) is 0 Å². The average Bonchev–Trinajstić information content (AvgIpc) is 2.71. The molecule has 1 atom stereocenters. The fourth-order valence-electron chi connectivity index (χ4n) is 2.44. The van der Waals surface area contributed by atoms with Crippen molar-refractivity contribution in [2.75, 3.05) is 0 Å². The number of rotatable bonds is 5. The zero-order valence-corrected chi connectivity index (χ0v) is 13.3. The summed E-state index contributed by atoms with van der Waals surface area (Å²) in [5, 5.41) is 8.76. The number of halogens is 1. The Morgan fingerprint density at radius 3 is 2.65 bits per heavy atom. The normalized spacial score (nSPS) is 12.7. The lowest BCUT2D eigenvalue weighted by atomic mass is 10.0. The molecule has 1 N–H and O–H groups in total. The van der Waals surface area contributed by atoms with Gasteiger partial charge in [0.05, 0.1) is 16.4 Å². The van der Waals surface area contributed by atoms with Crippen molar-refractivity contribution in [2.45, 2.75) is 39.8 Å². The van der Waals surface area contributed by atoms with Crippen LogP contribution in [0.1, 0.15) is 42.4 Å². The Bertz CT molecular complexity index is 589. The first-order valence-corrected chi connectivity index (χ1v) is 7.41. The van der Waals surface area contributed by atoms with E-state index >= 15 is 0 Å². The van der Waals surface area contributed by atoms with Gasteiger partial charge in [0.25, 0.3) is 0 Å². The summed E-state index contributed by atoms with van der Waals surface area (Å²) in [7, 11) is 1.94. The summed E-state index contributed by atoms with van der Waals surface area (Å²) in [6, 6.07) is 8.73. The van der Waals surface area contributed by atoms with Crippen LogP contribution in [0.3, 0.4) is 0 Å². The molecule has 1 aromatic heterocycles. The van der Waals surface area contributed by atoms with Crippen molar-refractivity contribution < 1.29 is 0 Å². The minimum Gasteiger partial charge on any atom is -0.305 e. The molecule has 1 aromatic carbocycles. The summed E-state index contributed by atoms with van der Waals surface area (Å²) in [5.41, 5.74) is 4.64. The Labute approximate surface area is 126 Å². The minimum absolute atomic E-state index is 0.284. The third-order valence-corrected chi connectivity index (χ3v) is 4.17. The van der Waals surface area contributed by atoms with E-state index in [1.165, 1.54) is 11.1 Å². The van der Waals surface area contributed by atoms with Gasteiger partial charge in [-0.05, 0) is 31.4 Å². The first-order chi connectivity index (χ1) is 9.54. The molecule has 0 spiro atoms. The van der Waals surface area contributed by atoms with Gasteiger partial charge in [-0.25, -0.2) is 0 Å². The molecule has 0 saturated heterocycles. The van der Waals surface area contributed by atoms with Gasteiger partial charge in [0.2, 0.25) is 0 Å². The van der Waals surface area contributed by atoms with Crippen LogP contribution in [-0.4, -0.2) is 9.78 Å². The van der Waals surface area contributed by atoms with Gasteiger partial charge in [-0.3, -0.25) is 4.68 Å². The number of hydrogen-bond donors (Lipinski definition) is 1. The van der Waals surface area contributed by atoms with Crippen molar-refractivity contribution in [3.8, 4) is 0 Å². The van der Waals surface area contributed by atoms with Crippen LogP contribution in [0.25, 0.3) is 0 Å². The lowest BCUT2D eigenvalue weighted by molar-refractivity contribution is 0.546. The summed E-state index contributed by atoms with van der Waals surface area (Å²) in [5.74, 6) is 0. The van der Waals surface area contributed by atoms with Gasteiger partial charge >= 0.3 is 0 Å². The fourth-order valence-corrected chi connectivity index (χ4v) is 2.80. The Morgan fingerprint density at radius 2 is 2.05 bits per heavy atom. The fraction of sp³-hybridized carbons (Fsp3) is 0.438. The van der Waals surface area contributed by atoms with Crippen LogP contribution >= 0.6 is 11.6 Å². The quantitative estimate of drug-likeness (QED) is 0.908. The number of aryl methyl sites for hydroxylation is 3. The molecule has 4 heteroatoms. The number of nitrogens with zero attached hydrogens (tertiary/aromatic N) is 2. The highest BCUT2D eigenvalue weighted by Gasteiger charge is 2.14. The standard InChI is InChI=1S/C16H22ClN3/c1-5-14-16(17)15(20(4)19-14)10-18-12(3)13-9-7-6-8-11(13)2/h6-9,12,18H,5,10H2,1-4H3/t12-/m1/s1. The molecule has 20 heavy (non-hydrogen) atoms. The third kappa shape index (κ3) is 3.05. The van der Waals surface area contributed by atoms with Crippen LogP contribution in [0.4, 0.5) is 0 Å². The minimum atomic E-state index is 0.284. The molecule has 0 fully saturated rings. The third-order valence-electron chi connectivity index (χ3n) is 3.73. The van der Waals surface area contributed by atoms with E-state index in [9.17, 15) is 0 Å². The molecule has 0 aliphatic carbocycles. The van der Waals surface area contributed by atoms with E-state index in [1.54, 1.807) is 0 Å². The maximum atomic E-state index is 6.37. The van der Waals surface area contributed by atoms with E-state index in [0.29, 0.717) is 0 Å². The predicted octanol–water partition coefficient (Wildman–Crippen LogP) is 3.80. The monoisotopic (exact) mass is 291 g/mol. The second kappa shape index (κ2) is 6.42. The maximum Gasteiger partial charge on any atom is 0.0863 e. The summed E-state index contributed by atoms with van der Waals surface area (Å²) in [6.45, 7) is 7.10. The molecule has 108 valence electrons. The predicted molar refractivity (Wildman–Crippen MR) is 84.0 cm³/mol. The largest absolute Gasteiger partial charge is 0.305 e. The maximum absolute atomic E-state index is 6.37. The molecule has 3 nitrogen and oxygen atoms in total. The van der Waals surface area contributed by atoms with E-state index < -0.39 is 0 Å². The Balaban J connectivity index is 2.09. The SMILES string of the molecule is CCc1nn(C)c(CN[C@H](C)c2ccccc2C)c1Cl. The second-order valence-corrected chi connectivity index (χ2v) is 5.52. The van der Waals surface area contributed by atoms with Crippen LogP contribution in [0, 0.1) is 6.92 Å². The number of benzene rings is 1. The molecular weight excluding hydrogens is 270 g/mol. The lowest BCUT2D eigenvalue weighted by Crippen LogP contribution is -2.20.